The summed E-state index contributed by atoms with van der Waals surface area (Å²) in [6.45, 7) is 4.14. The van der Waals surface area contributed by atoms with E-state index in [2.05, 4.69) is 46.1 Å². The number of likely N-dealkylation sites (N-methyl/N-ethyl adjacent to an activating group) is 1. The zero-order valence-corrected chi connectivity index (χ0v) is 16.3. The van der Waals surface area contributed by atoms with Crippen molar-refractivity contribution >= 4 is 29.6 Å². The first kappa shape index (κ1) is 17.9. The van der Waals surface area contributed by atoms with Crippen LogP contribution in [0, 0.1) is 6.92 Å². The lowest BCUT2D eigenvalue weighted by Gasteiger charge is -2.39. The number of hydrogen-bond acceptors (Lipinski definition) is 7. The molecule has 142 valence electrons. The van der Waals surface area contributed by atoms with Crippen molar-refractivity contribution in [2.75, 3.05) is 37.3 Å². The molecule has 8 heteroatoms. The first-order valence-corrected chi connectivity index (χ1v) is 9.82. The number of nitrogens with two attached hydrogens (primary N) is 1. The lowest BCUT2D eigenvalue weighted by Crippen LogP contribution is -2.51. The summed E-state index contributed by atoms with van der Waals surface area (Å²) in [6, 6.07) is 10.3. The van der Waals surface area contributed by atoms with Gasteiger partial charge in [-0.15, -0.1) is 0 Å². The molecule has 2 saturated heterocycles. The van der Waals surface area contributed by atoms with Crippen molar-refractivity contribution in [2.24, 2.45) is 0 Å². The predicted molar refractivity (Wildman–Crippen MR) is 105 cm³/mol. The van der Waals surface area contributed by atoms with E-state index in [0.29, 0.717) is 13.1 Å². The molecule has 1 unspecified atom stereocenters. The Morgan fingerprint density at radius 3 is 2.70 bits per heavy atom. The molecule has 1 aromatic heterocycles. The molecular formula is C19H23N5O2S. The third-order valence-corrected chi connectivity index (χ3v) is 5.88. The molecule has 27 heavy (non-hydrogen) atoms. The number of anilines is 2. The SMILES string of the molecule is Cc1ccc(Sc2cc(N3CCCC4(CN(C)C(=O)O4)C3)nc(N)n2)cc1. The van der Waals surface area contributed by atoms with Crippen LogP contribution in [0.4, 0.5) is 16.6 Å². The smallest absolute Gasteiger partial charge is 0.410 e. The second kappa shape index (κ2) is 6.92. The number of carbonyl (C=O) groups excluding carboxylic acids is 1. The van der Waals surface area contributed by atoms with Crippen LogP contribution in [0.3, 0.4) is 0 Å². The number of carbonyl (C=O) groups is 1. The van der Waals surface area contributed by atoms with E-state index in [-0.39, 0.29) is 12.0 Å². The third-order valence-electron chi connectivity index (χ3n) is 4.95. The molecular weight excluding hydrogens is 362 g/mol. The first-order valence-electron chi connectivity index (χ1n) is 9.01. The number of nitrogen functional groups attached to an aromatic ring is 1. The lowest BCUT2D eigenvalue weighted by atomic mass is 9.93. The fourth-order valence-electron chi connectivity index (χ4n) is 3.67. The van der Waals surface area contributed by atoms with E-state index in [4.69, 9.17) is 10.5 Å². The quantitative estimate of drug-likeness (QED) is 0.813. The molecule has 2 N–H and O–H groups in total. The molecule has 1 atom stereocenters. The molecule has 1 aromatic carbocycles. The molecule has 4 rings (SSSR count). The number of ether oxygens (including phenoxy) is 1. The van der Waals surface area contributed by atoms with E-state index in [1.165, 1.54) is 5.56 Å². The summed E-state index contributed by atoms with van der Waals surface area (Å²) >= 11 is 1.56. The van der Waals surface area contributed by atoms with Gasteiger partial charge in [-0.05, 0) is 31.9 Å². The van der Waals surface area contributed by atoms with Crippen molar-refractivity contribution in [3.63, 3.8) is 0 Å². The molecule has 2 aliphatic heterocycles. The maximum Gasteiger partial charge on any atom is 0.410 e. The third kappa shape index (κ3) is 3.80. The number of aryl methyl sites for hydroxylation is 1. The van der Waals surface area contributed by atoms with Crippen molar-refractivity contribution in [1.82, 2.24) is 14.9 Å². The maximum atomic E-state index is 11.9. The van der Waals surface area contributed by atoms with Crippen LogP contribution in [0.5, 0.6) is 0 Å². The summed E-state index contributed by atoms with van der Waals surface area (Å²) in [5, 5.41) is 0.807. The van der Waals surface area contributed by atoms with Crippen molar-refractivity contribution in [1.29, 1.82) is 0 Å². The zero-order valence-electron chi connectivity index (χ0n) is 15.5. The molecule has 1 spiro atoms. The fourth-order valence-corrected chi connectivity index (χ4v) is 4.49. The zero-order chi connectivity index (χ0) is 19.0. The van der Waals surface area contributed by atoms with Crippen LogP contribution in [0.2, 0.25) is 0 Å². The van der Waals surface area contributed by atoms with Gasteiger partial charge >= 0.3 is 6.09 Å². The Bertz CT molecular complexity index is 860. The summed E-state index contributed by atoms with van der Waals surface area (Å²) < 4.78 is 5.69. The minimum Gasteiger partial charge on any atom is -0.439 e. The number of aromatic nitrogens is 2. The van der Waals surface area contributed by atoms with E-state index in [1.54, 1.807) is 23.7 Å². The van der Waals surface area contributed by atoms with Crippen LogP contribution in [0.1, 0.15) is 18.4 Å². The summed E-state index contributed by atoms with van der Waals surface area (Å²) in [5.41, 5.74) is 6.73. The van der Waals surface area contributed by atoms with Gasteiger partial charge in [0.25, 0.3) is 0 Å². The second-order valence-corrected chi connectivity index (χ2v) is 8.36. The Balaban J connectivity index is 1.55. The van der Waals surface area contributed by atoms with E-state index >= 15 is 0 Å². The van der Waals surface area contributed by atoms with Gasteiger partial charge in [-0.1, -0.05) is 29.5 Å². The van der Waals surface area contributed by atoms with Gasteiger partial charge in [-0.2, -0.15) is 4.98 Å². The number of hydrogen-bond donors (Lipinski definition) is 1. The largest absolute Gasteiger partial charge is 0.439 e. The molecule has 3 heterocycles. The van der Waals surface area contributed by atoms with Gasteiger partial charge in [0, 0.05) is 24.6 Å². The number of benzene rings is 1. The Kier molecular flexibility index (Phi) is 4.59. The molecule has 0 bridgehead atoms. The molecule has 0 radical (unpaired) electrons. The summed E-state index contributed by atoms with van der Waals surface area (Å²) in [4.78, 5) is 25.5. The van der Waals surface area contributed by atoms with Crippen molar-refractivity contribution in [3.05, 3.63) is 35.9 Å². The van der Waals surface area contributed by atoms with Crippen LogP contribution in [0.25, 0.3) is 0 Å². The average Bonchev–Trinajstić information content (AvgIpc) is 2.89. The normalized spacial score (nSPS) is 22.4. The average molecular weight is 385 g/mol. The maximum absolute atomic E-state index is 11.9. The molecule has 0 aliphatic carbocycles. The number of nitrogens with zero attached hydrogens (tertiary/aromatic N) is 4. The Hall–Kier alpha value is -2.48. The van der Waals surface area contributed by atoms with Gasteiger partial charge in [-0.3, -0.25) is 0 Å². The van der Waals surface area contributed by atoms with Crippen molar-refractivity contribution < 1.29 is 9.53 Å². The van der Waals surface area contributed by atoms with E-state index < -0.39 is 5.60 Å². The molecule has 2 fully saturated rings. The number of amides is 1. The van der Waals surface area contributed by atoms with Crippen molar-refractivity contribution in [2.45, 2.75) is 35.3 Å². The molecule has 0 saturated carbocycles. The van der Waals surface area contributed by atoms with Gasteiger partial charge in [0.1, 0.15) is 16.4 Å². The number of piperidine rings is 1. The van der Waals surface area contributed by atoms with Gasteiger partial charge in [0.05, 0.1) is 13.1 Å². The van der Waals surface area contributed by atoms with Crippen LogP contribution in [-0.4, -0.2) is 53.2 Å². The molecule has 2 aliphatic rings. The van der Waals surface area contributed by atoms with Crippen LogP contribution < -0.4 is 10.6 Å². The Morgan fingerprint density at radius 2 is 2.00 bits per heavy atom. The lowest BCUT2D eigenvalue weighted by molar-refractivity contribution is 0.0445. The highest BCUT2D eigenvalue weighted by Gasteiger charge is 2.46. The second-order valence-electron chi connectivity index (χ2n) is 7.27. The summed E-state index contributed by atoms with van der Waals surface area (Å²) in [7, 11) is 1.77. The van der Waals surface area contributed by atoms with Crippen LogP contribution in [0.15, 0.2) is 40.3 Å². The van der Waals surface area contributed by atoms with Gasteiger partial charge in [0.2, 0.25) is 5.95 Å². The van der Waals surface area contributed by atoms with Crippen LogP contribution in [-0.2, 0) is 4.74 Å². The fraction of sp³-hybridized carbons (Fsp3) is 0.421. The monoisotopic (exact) mass is 385 g/mol. The van der Waals surface area contributed by atoms with Gasteiger partial charge < -0.3 is 20.3 Å². The van der Waals surface area contributed by atoms with Crippen molar-refractivity contribution in [3.8, 4) is 0 Å². The van der Waals surface area contributed by atoms with E-state index in [9.17, 15) is 4.79 Å². The highest BCUT2D eigenvalue weighted by atomic mass is 32.2. The van der Waals surface area contributed by atoms with E-state index in [0.717, 1.165) is 35.1 Å². The topological polar surface area (TPSA) is 84.6 Å². The molecule has 2 aromatic rings. The predicted octanol–water partition coefficient (Wildman–Crippen LogP) is 2.94. The highest BCUT2D eigenvalue weighted by Crippen LogP contribution is 2.35. The van der Waals surface area contributed by atoms with E-state index in [1.807, 2.05) is 6.07 Å². The van der Waals surface area contributed by atoms with Crippen LogP contribution >= 0.6 is 11.8 Å². The van der Waals surface area contributed by atoms with Gasteiger partial charge in [0.15, 0.2) is 0 Å². The minimum atomic E-state index is -0.464. The standard InChI is InChI=1S/C19H23N5O2S/c1-13-4-6-14(7-5-13)27-16-10-15(21-17(20)22-16)24-9-3-8-19(12-24)11-23(2)18(25)26-19/h4-7,10H,3,8-9,11-12H2,1-2H3,(H2,20,21,22). The highest BCUT2D eigenvalue weighted by molar-refractivity contribution is 7.99. The Morgan fingerprint density at radius 1 is 1.22 bits per heavy atom. The van der Waals surface area contributed by atoms with Gasteiger partial charge in [-0.25, -0.2) is 9.78 Å². The minimum absolute atomic E-state index is 0.252. The molecule has 7 nitrogen and oxygen atoms in total. The number of rotatable bonds is 3. The Labute approximate surface area is 162 Å². The summed E-state index contributed by atoms with van der Waals surface area (Å²) in [5.74, 6) is 1.03. The molecule has 1 amide bonds. The summed E-state index contributed by atoms with van der Waals surface area (Å²) in [6.07, 6.45) is 1.55. The first-order chi connectivity index (χ1) is 12.9.